The van der Waals surface area contributed by atoms with Crippen LogP contribution in [0.2, 0.25) is 0 Å². The predicted octanol–water partition coefficient (Wildman–Crippen LogP) is 3.78. The quantitative estimate of drug-likeness (QED) is 0.267. The average molecular weight is 486 g/mol. The van der Waals surface area contributed by atoms with Crippen LogP contribution in [0.3, 0.4) is 0 Å². The number of benzene rings is 1. The van der Waals surface area contributed by atoms with Crippen LogP contribution in [0.25, 0.3) is 0 Å². The lowest BCUT2D eigenvalue weighted by Crippen LogP contribution is -2.37. The maximum absolute atomic E-state index is 5.42. The molecular formula is C21H35IN4O. The molecule has 2 aliphatic rings. The van der Waals surface area contributed by atoms with Crippen LogP contribution < -0.4 is 15.5 Å². The molecule has 0 bridgehead atoms. The Labute approximate surface area is 181 Å². The van der Waals surface area contributed by atoms with Crippen molar-refractivity contribution in [3.8, 4) is 0 Å². The predicted molar refractivity (Wildman–Crippen MR) is 124 cm³/mol. The van der Waals surface area contributed by atoms with Crippen LogP contribution in [0.15, 0.2) is 29.3 Å². The molecule has 152 valence electrons. The van der Waals surface area contributed by atoms with Gasteiger partial charge >= 0.3 is 0 Å². The maximum Gasteiger partial charge on any atom is 0.191 e. The summed E-state index contributed by atoms with van der Waals surface area (Å²) in [5.41, 5.74) is 2.56. The number of anilines is 1. The topological polar surface area (TPSA) is 48.9 Å². The highest BCUT2D eigenvalue weighted by atomic mass is 127. The van der Waals surface area contributed by atoms with Crippen molar-refractivity contribution in [2.24, 2.45) is 10.9 Å². The van der Waals surface area contributed by atoms with Gasteiger partial charge in [0, 0.05) is 38.9 Å². The van der Waals surface area contributed by atoms with Crippen LogP contribution in [0.5, 0.6) is 0 Å². The van der Waals surface area contributed by atoms with Crippen LogP contribution in [0.4, 0.5) is 5.69 Å². The number of nitrogens with zero attached hydrogens (tertiary/aromatic N) is 2. The van der Waals surface area contributed by atoms with Crippen molar-refractivity contribution in [2.75, 3.05) is 44.8 Å². The molecule has 1 aromatic rings. The van der Waals surface area contributed by atoms with E-state index in [-0.39, 0.29) is 24.0 Å². The normalized spacial score (nSPS) is 18.3. The van der Waals surface area contributed by atoms with Gasteiger partial charge in [-0.25, -0.2) is 0 Å². The zero-order valence-electron chi connectivity index (χ0n) is 16.6. The second kappa shape index (κ2) is 12.4. The molecule has 1 saturated heterocycles. The van der Waals surface area contributed by atoms with E-state index in [0.29, 0.717) is 0 Å². The van der Waals surface area contributed by atoms with Gasteiger partial charge in [0.2, 0.25) is 0 Å². The summed E-state index contributed by atoms with van der Waals surface area (Å²) in [7, 11) is 1.84. The standard InChI is InChI=1S/C21H34N4O.HI/c1-22-21(23-12-4-7-18-5-2-3-6-18)24-17-19-8-10-20(11-9-19)25-13-15-26-16-14-25;/h8-11,18H,2-7,12-17H2,1H3,(H2,22,23,24);1H. The molecule has 6 heteroatoms. The Morgan fingerprint density at radius 1 is 1.11 bits per heavy atom. The molecule has 3 rings (SSSR count). The Morgan fingerprint density at radius 2 is 1.81 bits per heavy atom. The van der Waals surface area contributed by atoms with Gasteiger partial charge in [-0.1, -0.05) is 37.8 Å². The fraction of sp³-hybridized carbons (Fsp3) is 0.667. The number of aliphatic imine (C=N–C) groups is 1. The maximum atomic E-state index is 5.42. The molecule has 1 aliphatic heterocycles. The van der Waals surface area contributed by atoms with E-state index in [1.807, 2.05) is 7.05 Å². The molecular weight excluding hydrogens is 451 g/mol. The number of guanidine groups is 1. The number of rotatable bonds is 7. The third-order valence-corrected chi connectivity index (χ3v) is 5.55. The second-order valence-corrected chi connectivity index (χ2v) is 7.41. The molecule has 0 atom stereocenters. The number of ether oxygens (including phenoxy) is 1. The van der Waals surface area contributed by atoms with Crippen molar-refractivity contribution >= 4 is 35.6 Å². The summed E-state index contributed by atoms with van der Waals surface area (Å²) in [6, 6.07) is 8.82. The van der Waals surface area contributed by atoms with Crippen molar-refractivity contribution in [2.45, 2.75) is 45.1 Å². The van der Waals surface area contributed by atoms with Crippen molar-refractivity contribution in [3.63, 3.8) is 0 Å². The first kappa shape index (κ1) is 22.3. The van der Waals surface area contributed by atoms with Gasteiger partial charge < -0.3 is 20.3 Å². The van der Waals surface area contributed by atoms with Gasteiger partial charge in [0.15, 0.2) is 5.96 Å². The van der Waals surface area contributed by atoms with E-state index >= 15 is 0 Å². The second-order valence-electron chi connectivity index (χ2n) is 7.41. The van der Waals surface area contributed by atoms with Gasteiger partial charge in [0.25, 0.3) is 0 Å². The summed E-state index contributed by atoms with van der Waals surface area (Å²) < 4.78 is 5.42. The van der Waals surface area contributed by atoms with Crippen molar-refractivity contribution in [3.05, 3.63) is 29.8 Å². The summed E-state index contributed by atoms with van der Waals surface area (Å²) in [6.45, 7) is 5.42. The smallest absolute Gasteiger partial charge is 0.191 e. The Hall–Kier alpha value is -1.02. The van der Waals surface area contributed by atoms with Gasteiger partial charge in [0.1, 0.15) is 0 Å². The highest BCUT2D eigenvalue weighted by Gasteiger charge is 2.14. The number of hydrogen-bond donors (Lipinski definition) is 2. The van der Waals surface area contributed by atoms with Gasteiger partial charge in [0.05, 0.1) is 13.2 Å². The van der Waals surface area contributed by atoms with Crippen molar-refractivity contribution in [1.29, 1.82) is 0 Å². The van der Waals surface area contributed by atoms with E-state index in [4.69, 9.17) is 4.74 Å². The molecule has 1 heterocycles. The molecule has 1 saturated carbocycles. The summed E-state index contributed by atoms with van der Waals surface area (Å²) in [5, 5.41) is 6.86. The first-order chi connectivity index (χ1) is 12.8. The Morgan fingerprint density at radius 3 is 2.48 bits per heavy atom. The highest BCUT2D eigenvalue weighted by Crippen LogP contribution is 2.28. The minimum atomic E-state index is 0. The van der Waals surface area contributed by atoms with E-state index < -0.39 is 0 Å². The van der Waals surface area contributed by atoms with Crippen molar-refractivity contribution in [1.82, 2.24) is 10.6 Å². The van der Waals surface area contributed by atoms with Crippen LogP contribution in [-0.4, -0.2) is 45.9 Å². The van der Waals surface area contributed by atoms with Crippen LogP contribution in [0.1, 0.15) is 44.1 Å². The molecule has 1 aliphatic carbocycles. The van der Waals surface area contributed by atoms with Crippen molar-refractivity contribution < 1.29 is 4.74 Å². The number of halogens is 1. The molecule has 0 spiro atoms. The molecule has 0 unspecified atom stereocenters. The summed E-state index contributed by atoms with van der Waals surface area (Å²) in [4.78, 5) is 6.72. The van der Waals surface area contributed by atoms with E-state index in [2.05, 4.69) is 44.8 Å². The molecule has 1 aromatic carbocycles. The Bertz CT molecular complexity index is 552. The molecule has 0 amide bonds. The van der Waals surface area contributed by atoms with Crippen LogP contribution in [-0.2, 0) is 11.3 Å². The highest BCUT2D eigenvalue weighted by molar-refractivity contribution is 14.0. The van der Waals surface area contributed by atoms with E-state index in [1.54, 1.807) is 0 Å². The molecule has 27 heavy (non-hydrogen) atoms. The zero-order valence-corrected chi connectivity index (χ0v) is 18.9. The molecule has 2 fully saturated rings. The summed E-state index contributed by atoms with van der Waals surface area (Å²) in [6.07, 6.45) is 8.34. The van der Waals surface area contributed by atoms with Crippen LogP contribution in [0, 0.1) is 5.92 Å². The number of nitrogens with one attached hydrogen (secondary N) is 2. The largest absolute Gasteiger partial charge is 0.378 e. The average Bonchev–Trinajstić information content (AvgIpc) is 3.22. The zero-order chi connectivity index (χ0) is 18.0. The lowest BCUT2D eigenvalue weighted by Gasteiger charge is -2.28. The molecule has 0 radical (unpaired) electrons. The summed E-state index contributed by atoms with van der Waals surface area (Å²) in [5.74, 6) is 1.87. The molecule has 0 aromatic heterocycles. The third kappa shape index (κ3) is 7.49. The number of hydrogen-bond acceptors (Lipinski definition) is 3. The monoisotopic (exact) mass is 486 g/mol. The van der Waals surface area contributed by atoms with Gasteiger partial charge in [-0.3, -0.25) is 4.99 Å². The summed E-state index contributed by atoms with van der Waals surface area (Å²) >= 11 is 0. The minimum absolute atomic E-state index is 0. The lowest BCUT2D eigenvalue weighted by molar-refractivity contribution is 0.122. The van der Waals surface area contributed by atoms with Gasteiger partial charge in [-0.15, -0.1) is 24.0 Å². The third-order valence-electron chi connectivity index (χ3n) is 5.55. The van der Waals surface area contributed by atoms with E-state index in [0.717, 1.165) is 51.3 Å². The fourth-order valence-corrected chi connectivity index (χ4v) is 3.95. The SMILES string of the molecule is CN=C(NCCCC1CCCC1)NCc1ccc(N2CCOCC2)cc1.I. The van der Waals surface area contributed by atoms with Crippen LogP contribution >= 0.6 is 24.0 Å². The Balaban J connectivity index is 0.00000261. The first-order valence-electron chi connectivity index (χ1n) is 10.2. The van der Waals surface area contributed by atoms with E-state index in [9.17, 15) is 0 Å². The van der Waals surface area contributed by atoms with Gasteiger partial charge in [-0.05, 0) is 36.5 Å². The molecule has 5 nitrogen and oxygen atoms in total. The van der Waals surface area contributed by atoms with Gasteiger partial charge in [-0.2, -0.15) is 0 Å². The number of morpholine rings is 1. The lowest BCUT2D eigenvalue weighted by atomic mass is 10.0. The Kier molecular flexibility index (Phi) is 10.3. The van der Waals surface area contributed by atoms with E-state index in [1.165, 1.54) is 49.8 Å². The molecule has 2 N–H and O–H groups in total. The minimum Gasteiger partial charge on any atom is -0.378 e. The fourth-order valence-electron chi connectivity index (χ4n) is 3.95. The first-order valence-corrected chi connectivity index (χ1v) is 10.2.